The number of carbonyl (C=O) groups is 2. The van der Waals surface area contributed by atoms with Gasteiger partial charge in [-0.3, -0.25) is 4.79 Å². The van der Waals surface area contributed by atoms with E-state index in [0.29, 0.717) is 30.2 Å². The zero-order valence-electron chi connectivity index (χ0n) is 17.3. The molecule has 7 heteroatoms. The first-order valence-electron chi connectivity index (χ1n) is 9.97. The monoisotopic (exact) mass is 419 g/mol. The molecule has 1 amide bonds. The summed E-state index contributed by atoms with van der Waals surface area (Å²) >= 11 is 0. The normalized spacial score (nSPS) is 10.2. The zero-order valence-corrected chi connectivity index (χ0v) is 17.3. The minimum absolute atomic E-state index is 0.136. The molecule has 0 fully saturated rings. The highest BCUT2D eigenvalue weighted by Crippen LogP contribution is 2.18. The standard InChI is InChI=1S/C24H25N3O4/c1-2-30-24(29)18-12-14-20(15-13-18)26-23(28)17-31-22-11-7-6-8-19(22)16-25-27-21-9-4-3-5-10-21/h3-15,25,27H,2,16-17H2,1H3,(H,26,28). The maximum absolute atomic E-state index is 12.3. The van der Waals surface area contributed by atoms with Gasteiger partial charge in [0.1, 0.15) is 5.75 Å². The average Bonchev–Trinajstić information content (AvgIpc) is 2.80. The lowest BCUT2D eigenvalue weighted by molar-refractivity contribution is -0.118. The third-order valence-electron chi connectivity index (χ3n) is 4.30. The van der Waals surface area contributed by atoms with E-state index in [2.05, 4.69) is 16.2 Å². The summed E-state index contributed by atoms with van der Waals surface area (Å²) in [5.41, 5.74) is 9.13. The van der Waals surface area contributed by atoms with Gasteiger partial charge >= 0.3 is 5.97 Å². The van der Waals surface area contributed by atoms with Gasteiger partial charge < -0.3 is 20.2 Å². The van der Waals surface area contributed by atoms with Crippen LogP contribution in [-0.4, -0.2) is 25.1 Å². The number of nitrogens with one attached hydrogen (secondary N) is 3. The molecule has 7 nitrogen and oxygen atoms in total. The molecular weight excluding hydrogens is 394 g/mol. The van der Waals surface area contributed by atoms with Crippen molar-refractivity contribution in [1.29, 1.82) is 0 Å². The van der Waals surface area contributed by atoms with Crippen molar-refractivity contribution in [3.63, 3.8) is 0 Å². The number of rotatable bonds is 10. The number of hydrazine groups is 1. The second kappa shape index (κ2) is 11.4. The number of para-hydroxylation sites is 2. The summed E-state index contributed by atoms with van der Waals surface area (Å²) in [6, 6.07) is 23.8. The first-order chi connectivity index (χ1) is 15.2. The fourth-order valence-corrected chi connectivity index (χ4v) is 2.80. The first kappa shape index (κ1) is 21.9. The van der Waals surface area contributed by atoms with Crippen LogP contribution in [0.5, 0.6) is 5.75 Å². The number of amides is 1. The summed E-state index contributed by atoms with van der Waals surface area (Å²) in [6.07, 6.45) is 0. The van der Waals surface area contributed by atoms with Gasteiger partial charge in [-0.25, -0.2) is 10.2 Å². The lowest BCUT2D eigenvalue weighted by atomic mass is 10.2. The Balaban J connectivity index is 1.49. The van der Waals surface area contributed by atoms with E-state index >= 15 is 0 Å². The van der Waals surface area contributed by atoms with Crippen molar-refractivity contribution >= 4 is 23.3 Å². The lowest BCUT2D eigenvalue weighted by Gasteiger charge is -2.13. The Morgan fingerprint density at radius 2 is 1.55 bits per heavy atom. The molecule has 0 aromatic heterocycles. The van der Waals surface area contributed by atoms with Crippen molar-refractivity contribution < 1.29 is 19.1 Å². The quantitative estimate of drug-likeness (QED) is 0.340. The van der Waals surface area contributed by atoms with Crippen molar-refractivity contribution in [2.45, 2.75) is 13.5 Å². The van der Waals surface area contributed by atoms with E-state index in [0.717, 1.165) is 11.3 Å². The van der Waals surface area contributed by atoms with Gasteiger partial charge in [-0.05, 0) is 49.4 Å². The molecule has 0 aliphatic heterocycles. The third-order valence-corrected chi connectivity index (χ3v) is 4.30. The van der Waals surface area contributed by atoms with Gasteiger partial charge in [0.2, 0.25) is 0 Å². The van der Waals surface area contributed by atoms with Crippen LogP contribution in [0.2, 0.25) is 0 Å². The van der Waals surface area contributed by atoms with E-state index in [1.165, 1.54) is 0 Å². The molecule has 3 N–H and O–H groups in total. The van der Waals surface area contributed by atoms with Crippen LogP contribution >= 0.6 is 0 Å². The second-order valence-corrected chi connectivity index (χ2v) is 6.59. The fourth-order valence-electron chi connectivity index (χ4n) is 2.80. The number of carbonyl (C=O) groups excluding carboxylic acids is 2. The number of esters is 1. The van der Waals surface area contributed by atoms with Crippen LogP contribution in [0, 0.1) is 0 Å². The Labute approximate surface area is 181 Å². The van der Waals surface area contributed by atoms with Crippen LogP contribution in [0.1, 0.15) is 22.8 Å². The molecule has 0 aliphatic rings. The summed E-state index contributed by atoms with van der Waals surface area (Å²) in [4.78, 5) is 23.9. The topological polar surface area (TPSA) is 88.7 Å². The lowest BCUT2D eigenvalue weighted by Crippen LogP contribution is -2.23. The Morgan fingerprint density at radius 3 is 2.29 bits per heavy atom. The number of ether oxygens (including phenoxy) is 2. The van der Waals surface area contributed by atoms with Crippen molar-refractivity contribution in [3.05, 3.63) is 90.0 Å². The largest absolute Gasteiger partial charge is 0.483 e. The molecule has 0 aliphatic carbocycles. The number of anilines is 2. The maximum Gasteiger partial charge on any atom is 0.338 e. The molecule has 3 aromatic rings. The van der Waals surface area contributed by atoms with Gasteiger partial charge in [-0.1, -0.05) is 36.4 Å². The van der Waals surface area contributed by atoms with Crippen LogP contribution in [0.25, 0.3) is 0 Å². The smallest absolute Gasteiger partial charge is 0.338 e. The molecule has 0 radical (unpaired) electrons. The number of hydrogen-bond donors (Lipinski definition) is 3. The Bertz CT molecular complexity index is 991. The predicted octanol–water partition coefficient (Wildman–Crippen LogP) is 4.00. The highest BCUT2D eigenvalue weighted by Gasteiger charge is 2.09. The summed E-state index contributed by atoms with van der Waals surface area (Å²) in [7, 11) is 0. The SMILES string of the molecule is CCOC(=O)c1ccc(NC(=O)COc2ccccc2CNNc2ccccc2)cc1. The van der Waals surface area contributed by atoms with E-state index in [1.54, 1.807) is 31.2 Å². The summed E-state index contributed by atoms with van der Waals surface area (Å²) in [5.74, 6) is -0.0672. The van der Waals surface area contributed by atoms with Crippen LogP contribution in [0.4, 0.5) is 11.4 Å². The van der Waals surface area contributed by atoms with Gasteiger partial charge in [-0.2, -0.15) is 0 Å². The highest BCUT2D eigenvalue weighted by molar-refractivity contribution is 5.93. The van der Waals surface area contributed by atoms with Crippen LogP contribution in [0.15, 0.2) is 78.9 Å². The molecule has 0 spiro atoms. The number of hydrogen-bond acceptors (Lipinski definition) is 6. The van der Waals surface area contributed by atoms with Gasteiger partial charge in [0.05, 0.1) is 12.2 Å². The molecule has 0 saturated heterocycles. The van der Waals surface area contributed by atoms with Crippen LogP contribution in [-0.2, 0) is 16.1 Å². The summed E-state index contributed by atoms with van der Waals surface area (Å²) in [6.45, 7) is 2.44. The first-order valence-corrected chi connectivity index (χ1v) is 9.97. The van der Waals surface area contributed by atoms with Crippen LogP contribution < -0.4 is 20.9 Å². The molecule has 0 unspecified atom stereocenters. The third kappa shape index (κ3) is 6.87. The molecular formula is C24H25N3O4. The Kier molecular flexibility index (Phi) is 8.02. The average molecular weight is 419 g/mol. The predicted molar refractivity (Wildman–Crippen MR) is 120 cm³/mol. The van der Waals surface area contributed by atoms with E-state index in [4.69, 9.17) is 9.47 Å². The fraction of sp³-hybridized carbons (Fsp3) is 0.167. The Hall–Kier alpha value is -3.84. The maximum atomic E-state index is 12.3. The summed E-state index contributed by atoms with van der Waals surface area (Å²) in [5, 5.41) is 2.75. The van der Waals surface area contributed by atoms with Crippen molar-refractivity contribution in [1.82, 2.24) is 5.43 Å². The molecule has 160 valence electrons. The molecule has 0 bridgehead atoms. The molecule has 0 heterocycles. The van der Waals surface area contributed by atoms with Crippen molar-refractivity contribution in [3.8, 4) is 5.75 Å². The zero-order chi connectivity index (χ0) is 21.9. The van der Waals surface area contributed by atoms with E-state index in [-0.39, 0.29) is 12.5 Å². The van der Waals surface area contributed by atoms with Crippen molar-refractivity contribution in [2.75, 3.05) is 24.0 Å². The number of benzene rings is 3. The second-order valence-electron chi connectivity index (χ2n) is 6.59. The Morgan fingerprint density at radius 1 is 0.839 bits per heavy atom. The van der Waals surface area contributed by atoms with E-state index in [1.807, 2.05) is 54.6 Å². The minimum Gasteiger partial charge on any atom is -0.483 e. The molecule has 0 saturated carbocycles. The van der Waals surface area contributed by atoms with Gasteiger partial charge in [-0.15, -0.1) is 0 Å². The van der Waals surface area contributed by atoms with E-state index < -0.39 is 5.97 Å². The summed E-state index contributed by atoms with van der Waals surface area (Å²) < 4.78 is 10.7. The molecule has 3 aromatic carbocycles. The highest BCUT2D eigenvalue weighted by atomic mass is 16.5. The molecule has 31 heavy (non-hydrogen) atoms. The van der Waals surface area contributed by atoms with Gasteiger partial charge in [0.15, 0.2) is 6.61 Å². The van der Waals surface area contributed by atoms with Gasteiger partial charge in [0.25, 0.3) is 5.91 Å². The van der Waals surface area contributed by atoms with E-state index in [9.17, 15) is 9.59 Å². The minimum atomic E-state index is -0.393. The van der Waals surface area contributed by atoms with Crippen LogP contribution in [0.3, 0.4) is 0 Å². The van der Waals surface area contributed by atoms with Gasteiger partial charge in [0, 0.05) is 23.5 Å². The molecule has 0 atom stereocenters. The molecule has 3 rings (SSSR count). The van der Waals surface area contributed by atoms with Crippen molar-refractivity contribution in [2.24, 2.45) is 0 Å².